The van der Waals surface area contributed by atoms with Crippen molar-refractivity contribution in [2.75, 3.05) is 6.54 Å². The van der Waals surface area contributed by atoms with Crippen molar-refractivity contribution in [1.29, 1.82) is 0 Å². The number of hydrogen-bond donors (Lipinski definition) is 1. The molecule has 0 saturated carbocycles. The average Bonchev–Trinajstić information content (AvgIpc) is 2.75. The van der Waals surface area contributed by atoms with E-state index in [1.165, 1.54) is 15.5 Å². The van der Waals surface area contributed by atoms with Gasteiger partial charge in [-0.15, -0.1) is 0 Å². The van der Waals surface area contributed by atoms with Crippen molar-refractivity contribution in [3.63, 3.8) is 0 Å². The highest BCUT2D eigenvalue weighted by Crippen LogP contribution is 2.29. The van der Waals surface area contributed by atoms with Crippen LogP contribution in [0.4, 0.5) is 0 Å². The van der Waals surface area contributed by atoms with Crippen LogP contribution in [0.1, 0.15) is 37.6 Å². The molecule has 0 radical (unpaired) electrons. The number of aryl methyl sites for hydroxylation is 2. The highest BCUT2D eigenvalue weighted by atomic mass is 32.2. The van der Waals surface area contributed by atoms with Gasteiger partial charge in [0.25, 0.3) is 0 Å². The van der Waals surface area contributed by atoms with Gasteiger partial charge in [-0.2, -0.15) is 5.10 Å². The molecule has 1 N–H and O–H groups in total. The third-order valence-corrected chi connectivity index (χ3v) is 4.42. The summed E-state index contributed by atoms with van der Waals surface area (Å²) >= 11 is 1.76. The maximum Gasteiger partial charge on any atom is 0.0986 e. The second-order valence-corrected chi connectivity index (χ2v) is 6.03. The SMILES string of the molecule is CCNC(CC)c1ccc(Sc2cc(C)nn2C)cc1. The molecule has 3 nitrogen and oxygen atoms in total. The van der Waals surface area contributed by atoms with Gasteiger partial charge in [-0.1, -0.05) is 37.7 Å². The lowest BCUT2D eigenvalue weighted by atomic mass is 10.1. The molecular formula is C16H23N3S. The van der Waals surface area contributed by atoms with Gasteiger partial charge < -0.3 is 5.32 Å². The molecule has 0 fully saturated rings. The fourth-order valence-electron chi connectivity index (χ4n) is 2.32. The van der Waals surface area contributed by atoms with E-state index >= 15 is 0 Å². The smallest absolute Gasteiger partial charge is 0.0986 e. The van der Waals surface area contributed by atoms with E-state index in [-0.39, 0.29) is 0 Å². The molecule has 0 spiro atoms. The zero-order chi connectivity index (χ0) is 14.5. The molecule has 1 heterocycles. The lowest BCUT2D eigenvalue weighted by molar-refractivity contribution is 0.537. The van der Waals surface area contributed by atoms with Gasteiger partial charge in [0.15, 0.2) is 0 Å². The minimum absolute atomic E-state index is 0.456. The minimum Gasteiger partial charge on any atom is -0.310 e. The summed E-state index contributed by atoms with van der Waals surface area (Å²) < 4.78 is 1.93. The van der Waals surface area contributed by atoms with E-state index in [1.54, 1.807) is 11.8 Å². The number of nitrogens with one attached hydrogen (secondary N) is 1. The van der Waals surface area contributed by atoms with E-state index in [1.807, 2.05) is 18.7 Å². The van der Waals surface area contributed by atoms with E-state index in [0.29, 0.717) is 6.04 Å². The number of rotatable bonds is 6. The quantitative estimate of drug-likeness (QED) is 0.873. The van der Waals surface area contributed by atoms with Crippen molar-refractivity contribution in [2.24, 2.45) is 7.05 Å². The van der Waals surface area contributed by atoms with Crippen molar-refractivity contribution in [1.82, 2.24) is 15.1 Å². The molecule has 0 aliphatic rings. The summed E-state index contributed by atoms with van der Waals surface area (Å²) in [7, 11) is 1.99. The molecule has 0 bridgehead atoms. The summed E-state index contributed by atoms with van der Waals surface area (Å²) in [6, 6.07) is 11.4. The van der Waals surface area contributed by atoms with E-state index in [2.05, 4.69) is 54.6 Å². The summed E-state index contributed by atoms with van der Waals surface area (Å²) in [5.41, 5.74) is 2.42. The standard InChI is InChI=1S/C16H23N3S/c1-5-15(17-6-2)13-7-9-14(10-8-13)20-16-11-12(3)18-19(16)4/h7-11,15,17H,5-6H2,1-4H3. The van der Waals surface area contributed by atoms with Gasteiger partial charge in [0.2, 0.25) is 0 Å². The van der Waals surface area contributed by atoms with Crippen LogP contribution in [-0.2, 0) is 7.05 Å². The summed E-state index contributed by atoms with van der Waals surface area (Å²) in [5, 5.41) is 9.06. The zero-order valence-corrected chi connectivity index (χ0v) is 13.5. The largest absolute Gasteiger partial charge is 0.310 e. The summed E-state index contributed by atoms with van der Waals surface area (Å²) in [4.78, 5) is 1.25. The van der Waals surface area contributed by atoms with Crippen molar-refractivity contribution in [2.45, 2.75) is 43.2 Å². The highest BCUT2D eigenvalue weighted by molar-refractivity contribution is 7.99. The van der Waals surface area contributed by atoms with E-state index in [0.717, 1.165) is 18.7 Å². The second-order valence-electron chi connectivity index (χ2n) is 4.94. The van der Waals surface area contributed by atoms with Crippen LogP contribution < -0.4 is 5.32 Å². The predicted molar refractivity (Wildman–Crippen MR) is 85.2 cm³/mol. The van der Waals surface area contributed by atoms with Crippen molar-refractivity contribution >= 4 is 11.8 Å². The third-order valence-electron chi connectivity index (χ3n) is 3.32. The molecule has 0 amide bonds. The Hall–Kier alpha value is -1.26. The number of aromatic nitrogens is 2. The van der Waals surface area contributed by atoms with Crippen LogP contribution >= 0.6 is 11.8 Å². The van der Waals surface area contributed by atoms with Gasteiger partial charge in [-0.3, -0.25) is 4.68 Å². The van der Waals surface area contributed by atoms with Crippen LogP contribution in [0.15, 0.2) is 40.3 Å². The van der Waals surface area contributed by atoms with Crippen LogP contribution in [0.2, 0.25) is 0 Å². The lowest BCUT2D eigenvalue weighted by Gasteiger charge is -2.16. The maximum absolute atomic E-state index is 4.38. The Morgan fingerprint density at radius 3 is 2.45 bits per heavy atom. The average molecular weight is 289 g/mol. The summed E-state index contributed by atoms with van der Waals surface area (Å²) in [5.74, 6) is 0. The predicted octanol–water partition coefficient (Wildman–Crippen LogP) is 3.94. The Morgan fingerprint density at radius 1 is 1.25 bits per heavy atom. The molecule has 2 rings (SSSR count). The molecule has 108 valence electrons. The highest BCUT2D eigenvalue weighted by Gasteiger charge is 2.08. The van der Waals surface area contributed by atoms with Crippen molar-refractivity contribution < 1.29 is 0 Å². The van der Waals surface area contributed by atoms with Gasteiger partial charge in [0.1, 0.15) is 0 Å². The van der Waals surface area contributed by atoms with Gasteiger partial charge in [-0.05, 0) is 43.7 Å². The number of benzene rings is 1. The fraction of sp³-hybridized carbons (Fsp3) is 0.438. The fourth-order valence-corrected chi connectivity index (χ4v) is 3.23. The Balaban J connectivity index is 2.10. The summed E-state index contributed by atoms with van der Waals surface area (Å²) in [6.07, 6.45) is 1.11. The summed E-state index contributed by atoms with van der Waals surface area (Å²) in [6.45, 7) is 7.39. The molecule has 4 heteroatoms. The van der Waals surface area contributed by atoms with Gasteiger partial charge >= 0.3 is 0 Å². The van der Waals surface area contributed by atoms with Crippen molar-refractivity contribution in [3.8, 4) is 0 Å². The van der Waals surface area contributed by atoms with Gasteiger partial charge in [0.05, 0.1) is 10.7 Å². The Labute approximate surface area is 125 Å². The molecule has 1 atom stereocenters. The first kappa shape index (κ1) is 15.1. The van der Waals surface area contributed by atoms with E-state index in [4.69, 9.17) is 0 Å². The minimum atomic E-state index is 0.456. The van der Waals surface area contributed by atoms with Crippen LogP contribution in [0.25, 0.3) is 0 Å². The van der Waals surface area contributed by atoms with Gasteiger partial charge in [0, 0.05) is 18.0 Å². The Kier molecular flexibility index (Phi) is 5.26. The first-order valence-electron chi connectivity index (χ1n) is 7.15. The first-order chi connectivity index (χ1) is 9.63. The molecule has 1 aromatic heterocycles. The Bertz CT molecular complexity index is 545. The van der Waals surface area contributed by atoms with Crippen LogP contribution in [0, 0.1) is 6.92 Å². The normalized spacial score (nSPS) is 12.6. The lowest BCUT2D eigenvalue weighted by Crippen LogP contribution is -2.19. The monoisotopic (exact) mass is 289 g/mol. The molecule has 20 heavy (non-hydrogen) atoms. The first-order valence-corrected chi connectivity index (χ1v) is 7.97. The van der Waals surface area contributed by atoms with Crippen LogP contribution in [0.5, 0.6) is 0 Å². The van der Waals surface area contributed by atoms with E-state index in [9.17, 15) is 0 Å². The van der Waals surface area contributed by atoms with E-state index < -0.39 is 0 Å². The topological polar surface area (TPSA) is 29.9 Å². The third kappa shape index (κ3) is 3.64. The maximum atomic E-state index is 4.38. The van der Waals surface area contributed by atoms with Gasteiger partial charge in [-0.25, -0.2) is 0 Å². The molecule has 2 aromatic rings. The molecule has 1 aromatic carbocycles. The number of nitrogens with zero attached hydrogens (tertiary/aromatic N) is 2. The zero-order valence-electron chi connectivity index (χ0n) is 12.7. The van der Waals surface area contributed by atoms with Crippen molar-refractivity contribution in [3.05, 3.63) is 41.6 Å². The van der Waals surface area contributed by atoms with Crippen LogP contribution in [-0.4, -0.2) is 16.3 Å². The van der Waals surface area contributed by atoms with Crippen LogP contribution in [0.3, 0.4) is 0 Å². The number of hydrogen-bond acceptors (Lipinski definition) is 3. The molecule has 1 unspecified atom stereocenters. The second kappa shape index (κ2) is 6.95. The molecule has 0 aliphatic carbocycles. The molecule has 0 aliphatic heterocycles. The Morgan fingerprint density at radius 2 is 1.95 bits per heavy atom. The molecular weight excluding hydrogens is 266 g/mol. The molecule has 0 saturated heterocycles.